The number of carbonyl (C=O) groups is 1. The van der Waals surface area contributed by atoms with Gasteiger partial charge in [-0.2, -0.15) is 0 Å². The molecule has 1 atom stereocenters. The van der Waals surface area contributed by atoms with Gasteiger partial charge in [-0.1, -0.05) is 0 Å². The lowest BCUT2D eigenvalue weighted by Crippen LogP contribution is -2.40. The summed E-state index contributed by atoms with van der Waals surface area (Å²) in [6, 6.07) is 3.32. The predicted molar refractivity (Wildman–Crippen MR) is 76.2 cm³/mol. The van der Waals surface area contributed by atoms with Crippen molar-refractivity contribution in [1.82, 2.24) is 9.62 Å². The summed E-state index contributed by atoms with van der Waals surface area (Å²) in [5, 5.41) is 9.06. The Morgan fingerprint density at radius 1 is 1.45 bits per heavy atom. The van der Waals surface area contributed by atoms with Crippen LogP contribution in [0.2, 0.25) is 0 Å². The Kier molecular flexibility index (Phi) is 5.09. The third-order valence-electron chi connectivity index (χ3n) is 2.52. The Labute approximate surface area is 118 Å². The fourth-order valence-corrected chi connectivity index (χ4v) is 3.32. The van der Waals surface area contributed by atoms with Crippen LogP contribution < -0.4 is 10.5 Å². The van der Waals surface area contributed by atoms with Crippen LogP contribution in [0, 0.1) is 0 Å². The standard InChI is InChI=1S/C12H19N3O4S/c1-8(7-15(2)3)14-20(18,19)11-6-9(13)4-5-10(11)12(16)17/h4-6,8,14H,7,13H2,1-3H3,(H,16,17). The number of hydrogen-bond donors (Lipinski definition) is 3. The molecule has 4 N–H and O–H groups in total. The number of nitrogens with one attached hydrogen (secondary N) is 1. The van der Waals surface area contributed by atoms with Gasteiger partial charge < -0.3 is 15.7 Å². The quantitative estimate of drug-likeness (QED) is 0.647. The van der Waals surface area contributed by atoms with E-state index in [1.165, 1.54) is 12.1 Å². The summed E-state index contributed by atoms with van der Waals surface area (Å²) in [7, 11) is -0.314. The van der Waals surface area contributed by atoms with Crippen molar-refractivity contribution in [2.24, 2.45) is 0 Å². The molecule has 1 aromatic carbocycles. The van der Waals surface area contributed by atoms with E-state index in [9.17, 15) is 13.2 Å². The molecule has 8 heteroatoms. The smallest absolute Gasteiger partial charge is 0.337 e. The third-order valence-corrected chi connectivity index (χ3v) is 4.15. The van der Waals surface area contributed by atoms with Crippen molar-refractivity contribution in [1.29, 1.82) is 0 Å². The SMILES string of the molecule is CC(CN(C)C)NS(=O)(=O)c1cc(N)ccc1C(=O)O. The van der Waals surface area contributed by atoms with Crippen LogP contribution in [-0.2, 0) is 10.0 Å². The molecule has 0 spiro atoms. The highest BCUT2D eigenvalue weighted by Gasteiger charge is 2.24. The zero-order valence-corrected chi connectivity index (χ0v) is 12.4. The molecule has 0 fully saturated rings. The van der Waals surface area contributed by atoms with Crippen molar-refractivity contribution in [3.05, 3.63) is 23.8 Å². The van der Waals surface area contributed by atoms with E-state index < -0.39 is 16.0 Å². The number of carboxylic acid groups (broad SMARTS) is 1. The van der Waals surface area contributed by atoms with Gasteiger partial charge in [-0.3, -0.25) is 0 Å². The molecule has 1 aromatic rings. The van der Waals surface area contributed by atoms with Crippen molar-refractivity contribution in [3.8, 4) is 0 Å². The maximum atomic E-state index is 12.3. The van der Waals surface area contributed by atoms with Crippen LogP contribution in [0.3, 0.4) is 0 Å². The summed E-state index contributed by atoms with van der Waals surface area (Å²) in [6.45, 7) is 2.19. The second-order valence-corrected chi connectivity index (χ2v) is 6.53. The maximum absolute atomic E-state index is 12.3. The second kappa shape index (κ2) is 6.21. The van der Waals surface area contributed by atoms with Gasteiger partial charge in [0, 0.05) is 18.3 Å². The number of hydrogen-bond acceptors (Lipinski definition) is 5. The molecule has 112 valence electrons. The van der Waals surface area contributed by atoms with E-state index in [0.717, 1.165) is 6.07 Å². The number of benzene rings is 1. The number of rotatable bonds is 6. The summed E-state index contributed by atoms with van der Waals surface area (Å²) in [5.74, 6) is -1.31. The average molecular weight is 301 g/mol. The topological polar surface area (TPSA) is 113 Å². The molecule has 0 aliphatic carbocycles. The Hall–Kier alpha value is -1.64. The van der Waals surface area contributed by atoms with Crippen molar-refractivity contribution in [2.45, 2.75) is 17.9 Å². The van der Waals surface area contributed by atoms with E-state index in [-0.39, 0.29) is 22.2 Å². The summed E-state index contributed by atoms with van der Waals surface area (Å²) >= 11 is 0. The average Bonchev–Trinajstić information content (AvgIpc) is 2.26. The number of carboxylic acids is 1. The Morgan fingerprint density at radius 3 is 2.55 bits per heavy atom. The van der Waals surface area contributed by atoms with E-state index in [2.05, 4.69) is 4.72 Å². The normalized spacial score (nSPS) is 13.4. The molecule has 0 saturated carbocycles. The van der Waals surface area contributed by atoms with Crippen LogP contribution in [0.25, 0.3) is 0 Å². The van der Waals surface area contributed by atoms with Crippen LogP contribution in [0.5, 0.6) is 0 Å². The number of anilines is 1. The monoisotopic (exact) mass is 301 g/mol. The molecule has 0 amide bonds. The molecule has 0 aromatic heterocycles. The van der Waals surface area contributed by atoms with Gasteiger partial charge in [0.1, 0.15) is 0 Å². The fourth-order valence-electron chi connectivity index (χ4n) is 1.85. The van der Waals surface area contributed by atoms with E-state index in [1.54, 1.807) is 6.92 Å². The minimum absolute atomic E-state index is 0.190. The van der Waals surface area contributed by atoms with Crippen LogP contribution in [0.1, 0.15) is 17.3 Å². The molecule has 20 heavy (non-hydrogen) atoms. The number of nitrogens with zero attached hydrogens (tertiary/aromatic N) is 1. The first kappa shape index (κ1) is 16.4. The van der Waals surface area contributed by atoms with Crippen molar-refractivity contribution in [2.75, 3.05) is 26.4 Å². The van der Waals surface area contributed by atoms with Crippen LogP contribution in [-0.4, -0.2) is 51.1 Å². The number of nitrogens with two attached hydrogens (primary N) is 1. The van der Waals surface area contributed by atoms with Gasteiger partial charge in [0.25, 0.3) is 0 Å². The summed E-state index contributed by atoms with van der Waals surface area (Å²) in [6.07, 6.45) is 0. The van der Waals surface area contributed by atoms with Gasteiger partial charge in [0.2, 0.25) is 10.0 Å². The summed E-state index contributed by atoms with van der Waals surface area (Å²) in [5.41, 5.74) is 5.43. The molecular formula is C12H19N3O4S. The van der Waals surface area contributed by atoms with Gasteiger partial charge in [-0.25, -0.2) is 17.9 Å². The Morgan fingerprint density at radius 2 is 2.05 bits per heavy atom. The number of sulfonamides is 1. The van der Waals surface area contributed by atoms with Gasteiger partial charge in [-0.15, -0.1) is 0 Å². The number of likely N-dealkylation sites (N-methyl/N-ethyl adjacent to an activating group) is 1. The van der Waals surface area contributed by atoms with E-state index >= 15 is 0 Å². The minimum atomic E-state index is -3.94. The molecule has 0 aliphatic rings. The van der Waals surface area contributed by atoms with Crippen LogP contribution >= 0.6 is 0 Å². The Bertz CT molecular complexity index is 599. The van der Waals surface area contributed by atoms with Gasteiger partial charge in [-0.05, 0) is 39.2 Å². The summed E-state index contributed by atoms with van der Waals surface area (Å²) in [4.78, 5) is 12.6. The van der Waals surface area contributed by atoms with Gasteiger partial charge in [0.15, 0.2) is 0 Å². The maximum Gasteiger partial charge on any atom is 0.337 e. The first-order valence-electron chi connectivity index (χ1n) is 5.93. The highest BCUT2D eigenvalue weighted by molar-refractivity contribution is 7.89. The molecule has 0 heterocycles. The highest BCUT2D eigenvalue weighted by Crippen LogP contribution is 2.19. The van der Waals surface area contributed by atoms with Crippen molar-refractivity contribution in [3.63, 3.8) is 0 Å². The predicted octanol–water partition coefficient (Wildman–Crippen LogP) is 0.195. The number of aromatic carboxylic acids is 1. The lowest BCUT2D eigenvalue weighted by molar-refractivity contribution is 0.0692. The molecule has 0 radical (unpaired) electrons. The van der Waals surface area contributed by atoms with E-state index in [0.29, 0.717) is 6.54 Å². The first-order valence-corrected chi connectivity index (χ1v) is 7.41. The van der Waals surface area contributed by atoms with Crippen LogP contribution in [0.15, 0.2) is 23.1 Å². The summed E-state index contributed by atoms with van der Waals surface area (Å²) < 4.78 is 26.9. The largest absolute Gasteiger partial charge is 0.478 e. The Balaban J connectivity index is 3.15. The lowest BCUT2D eigenvalue weighted by atomic mass is 10.2. The minimum Gasteiger partial charge on any atom is -0.478 e. The molecule has 0 saturated heterocycles. The molecule has 7 nitrogen and oxygen atoms in total. The van der Waals surface area contributed by atoms with E-state index in [1.807, 2.05) is 19.0 Å². The molecular weight excluding hydrogens is 282 g/mol. The molecule has 0 aliphatic heterocycles. The zero-order chi connectivity index (χ0) is 15.5. The van der Waals surface area contributed by atoms with Crippen molar-refractivity contribution < 1.29 is 18.3 Å². The highest BCUT2D eigenvalue weighted by atomic mass is 32.2. The first-order chi connectivity index (χ1) is 9.13. The molecule has 1 unspecified atom stereocenters. The van der Waals surface area contributed by atoms with Crippen LogP contribution in [0.4, 0.5) is 5.69 Å². The fraction of sp³-hybridized carbons (Fsp3) is 0.417. The lowest BCUT2D eigenvalue weighted by Gasteiger charge is -2.19. The molecule has 0 bridgehead atoms. The van der Waals surface area contributed by atoms with E-state index in [4.69, 9.17) is 10.8 Å². The van der Waals surface area contributed by atoms with Gasteiger partial charge in [0.05, 0.1) is 10.5 Å². The van der Waals surface area contributed by atoms with Gasteiger partial charge >= 0.3 is 5.97 Å². The number of nitrogen functional groups attached to an aromatic ring is 1. The third kappa shape index (κ3) is 4.19. The molecule has 1 rings (SSSR count). The second-order valence-electron chi connectivity index (χ2n) is 4.85. The zero-order valence-electron chi connectivity index (χ0n) is 11.6. The van der Waals surface area contributed by atoms with Crippen molar-refractivity contribution >= 4 is 21.7 Å².